The molecule has 0 unspecified atom stereocenters. The van der Waals surface area contributed by atoms with E-state index in [4.69, 9.17) is 4.74 Å². The Balaban J connectivity index is 1.54. The quantitative estimate of drug-likeness (QED) is 0.752. The van der Waals surface area contributed by atoms with Crippen LogP contribution in [-0.4, -0.2) is 43.3 Å². The Hall–Kier alpha value is -1.23. The third kappa shape index (κ3) is 2.07. The van der Waals surface area contributed by atoms with Gasteiger partial charge in [0, 0.05) is 31.6 Å². The molecule has 2 N–H and O–H groups in total. The predicted octanol–water partition coefficient (Wildman–Crippen LogP) is 0.538. The van der Waals surface area contributed by atoms with E-state index in [-0.39, 0.29) is 12.1 Å². The van der Waals surface area contributed by atoms with Crippen molar-refractivity contribution in [3.05, 3.63) is 11.4 Å². The van der Waals surface area contributed by atoms with Crippen molar-refractivity contribution in [3.8, 4) is 0 Å². The molecule has 2 aliphatic heterocycles. The third-order valence-corrected chi connectivity index (χ3v) is 4.19. The van der Waals surface area contributed by atoms with Gasteiger partial charge in [0.05, 0.1) is 6.10 Å². The topological polar surface area (TPSA) is 53.6 Å². The van der Waals surface area contributed by atoms with Crippen LogP contribution in [0.2, 0.25) is 0 Å². The van der Waals surface area contributed by atoms with E-state index in [1.807, 2.05) is 4.90 Å². The summed E-state index contributed by atoms with van der Waals surface area (Å²) in [5.41, 5.74) is 2.50. The number of ether oxygens (including phenoxy) is 1. The van der Waals surface area contributed by atoms with E-state index in [0.29, 0.717) is 6.10 Å². The fourth-order valence-electron chi connectivity index (χ4n) is 3.06. The number of allylic oxidation sites excluding steroid dienone is 2. The number of hydrogen-bond acceptors (Lipinski definition) is 4. The number of amides is 1. The molecule has 18 heavy (non-hydrogen) atoms. The average Bonchev–Trinajstić information content (AvgIpc) is 2.99. The van der Waals surface area contributed by atoms with Gasteiger partial charge in [-0.1, -0.05) is 0 Å². The van der Waals surface area contributed by atoms with Gasteiger partial charge in [-0.3, -0.25) is 4.79 Å². The summed E-state index contributed by atoms with van der Waals surface area (Å²) in [6.07, 6.45) is 5.35. The number of carbonyl (C=O) groups excluding carboxylic acids is 1. The lowest BCUT2D eigenvalue weighted by Gasteiger charge is -2.33. The highest BCUT2D eigenvalue weighted by Gasteiger charge is 2.34. The molecule has 1 fully saturated rings. The molecule has 1 amide bonds. The van der Waals surface area contributed by atoms with Crippen molar-refractivity contribution >= 4 is 5.91 Å². The van der Waals surface area contributed by atoms with Crippen molar-refractivity contribution in [2.24, 2.45) is 0 Å². The van der Waals surface area contributed by atoms with E-state index in [2.05, 4.69) is 10.6 Å². The van der Waals surface area contributed by atoms with Crippen molar-refractivity contribution in [3.63, 3.8) is 0 Å². The Bertz CT molecular complexity index is 356. The summed E-state index contributed by atoms with van der Waals surface area (Å²) in [6.45, 7) is 1.61. The van der Waals surface area contributed by atoms with E-state index in [9.17, 15) is 4.79 Å². The van der Waals surface area contributed by atoms with Gasteiger partial charge in [-0.15, -0.1) is 0 Å². The molecule has 0 aromatic heterocycles. The molecular formula is C13H21N3O2. The highest BCUT2D eigenvalue weighted by Crippen LogP contribution is 2.27. The maximum absolute atomic E-state index is 12.4. The third-order valence-electron chi connectivity index (χ3n) is 4.19. The maximum atomic E-state index is 12.4. The van der Waals surface area contributed by atoms with Gasteiger partial charge in [0.25, 0.3) is 5.91 Å². The van der Waals surface area contributed by atoms with E-state index < -0.39 is 0 Å². The van der Waals surface area contributed by atoms with Crippen LogP contribution < -0.4 is 10.6 Å². The Labute approximate surface area is 108 Å². The second-order valence-electron chi connectivity index (χ2n) is 5.29. The van der Waals surface area contributed by atoms with Crippen LogP contribution in [0.3, 0.4) is 0 Å². The molecule has 3 aliphatic rings. The largest absolute Gasteiger partial charge is 0.381 e. The zero-order valence-electron chi connectivity index (χ0n) is 10.9. The first kappa shape index (κ1) is 11.8. The second-order valence-corrected chi connectivity index (χ2v) is 5.29. The summed E-state index contributed by atoms with van der Waals surface area (Å²) in [7, 11) is 1.75. The zero-order valence-corrected chi connectivity index (χ0v) is 10.9. The lowest BCUT2D eigenvalue weighted by molar-refractivity contribution is -0.136. The molecule has 5 heteroatoms. The van der Waals surface area contributed by atoms with Gasteiger partial charge in [0.1, 0.15) is 0 Å². The summed E-state index contributed by atoms with van der Waals surface area (Å²) in [6, 6.07) is 0. The fraction of sp³-hybridized carbons (Fsp3) is 0.769. The average molecular weight is 251 g/mol. The van der Waals surface area contributed by atoms with Crippen LogP contribution in [0.4, 0.5) is 0 Å². The number of likely N-dealkylation sites (tertiary alicyclic amines) is 1. The summed E-state index contributed by atoms with van der Waals surface area (Å²) < 4.78 is 5.33. The number of rotatable bonds is 2. The number of hydrogen-bond donors (Lipinski definition) is 2. The van der Waals surface area contributed by atoms with Crippen LogP contribution in [-0.2, 0) is 9.53 Å². The fourth-order valence-corrected chi connectivity index (χ4v) is 3.06. The smallest absolute Gasteiger partial charge is 0.265 e. The van der Waals surface area contributed by atoms with Crippen molar-refractivity contribution in [2.45, 2.75) is 44.4 Å². The molecule has 0 bridgehead atoms. The van der Waals surface area contributed by atoms with Gasteiger partial charge >= 0.3 is 0 Å². The Morgan fingerprint density at radius 3 is 2.39 bits per heavy atom. The van der Waals surface area contributed by atoms with E-state index in [0.717, 1.165) is 38.8 Å². The standard InChI is InChI=1S/C13H21N3O2/c1-18-9-5-7-16(8-6-9)13(17)12-14-10-3-2-4-11(10)15-12/h9,12,14-15H,2-8H2,1H3. The van der Waals surface area contributed by atoms with Gasteiger partial charge in [0.2, 0.25) is 0 Å². The minimum absolute atomic E-state index is 0.180. The van der Waals surface area contributed by atoms with Gasteiger partial charge in [-0.25, -0.2) is 0 Å². The molecule has 0 spiro atoms. The summed E-state index contributed by atoms with van der Waals surface area (Å²) >= 11 is 0. The number of nitrogens with one attached hydrogen (secondary N) is 2. The van der Waals surface area contributed by atoms with Gasteiger partial charge < -0.3 is 20.3 Å². The summed E-state index contributed by atoms with van der Waals surface area (Å²) in [5, 5.41) is 6.64. The monoisotopic (exact) mass is 251 g/mol. The maximum Gasteiger partial charge on any atom is 0.265 e. The normalized spacial score (nSPS) is 25.1. The molecule has 2 heterocycles. The van der Waals surface area contributed by atoms with Gasteiger partial charge in [0.15, 0.2) is 6.17 Å². The minimum Gasteiger partial charge on any atom is -0.381 e. The van der Waals surface area contributed by atoms with E-state index >= 15 is 0 Å². The molecule has 0 aromatic carbocycles. The summed E-state index contributed by atoms with van der Waals surface area (Å²) in [5.74, 6) is 0.180. The molecule has 0 atom stereocenters. The summed E-state index contributed by atoms with van der Waals surface area (Å²) in [4.78, 5) is 14.3. The van der Waals surface area contributed by atoms with Crippen molar-refractivity contribution in [1.29, 1.82) is 0 Å². The van der Waals surface area contributed by atoms with Crippen LogP contribution >= 0.6 is 0 Å². The van der Waals surface area contributed by atoms with Crippen LogP contribution in [0.1, 0.15) is 32.1 Å². The zero-order chi connectivity index (χ0) is 12.5. The molecule has 3 rings (SSSR count). The van der Waals surface area contributed by atoms with Crippen molar-refractivity contribution < 1.29 is 9.53 Å². The molecule has 5 nitrogen and oxygen atoms in total. The highest BCUT2D eigenvalue weighted by atomic mass is 16.5. The molecule has 100 valence electrons. The lowest BCUT2D eigenvalue weighted by Crippen LogP contribution is -2.52. The van der Waals surface area contributed by atoms with Crippen LogP contribution in [0, 0.1) is 0 Å². The number of piperidine rings is 1. The second kappa shape index (κ2) is 4.80. The Morgan fingerprint density at radius 2 is 1.83 bits per heavy atom. The molecular weight excluding hydrogens is 230 g/mol. The SMILES string of the molecule is COC1CCN(C(=O)C2NC3=C(CCC3)N2)CC1. The Morgan fingerprint density at radius 1 is 1.22 bits per heavy atom. The van der Waals surface area contributed by atoms with Crippen LogP contribution in [0.5, 0.6) is 0 Å². The minimum atomic E-state index is -0.227. The van der Waals surface area contributed by atoms with Crippen molar-refractivity contribution in [1.82, 2.24) is 15.5 Å². The molecule has 0 saturated carbocycles. The van der Waals surface area contributed by atoms with E-state index in [1.54, 1.807) is 7.11 Å². The molecule has 1 saturated heterocycles. The number of nitrogens with zero attached hydrogens (tertiary/aromatic N) is 1. The molecule has 0 aromatic rings. The van der Waals surface area contributed by atoms with Crippen LogP contribution in [0.15, 0.2) is 11.4 Å². The molecule has 0 radical (unpaired) electrons. The van der Waals surface area contributed by atoms with Crippen molar-refractivity contribution in [2.75, 3.05) is 20.2 Å². The number of methoxy groups -OCH3 is 1. The first-order chi connectivity index (χ1) is 8.78. The van der Waals surface area contributed by atoms with Gasteiger partial charge in [-0.2, -0.15) is 0 Å². The van der Waals surface area contributed by atoms with E-state index in [1.165, 1.54) is 17.8 Å². The predicted molar refractivity (Wildman–Crippen MR) is 67.5 cm³/mol. The first-order valence-electron chi connectivity index (χ1n) is 6.84. The first-order valence-corrected chi connectivity index (χ1v) is 6.84. The lowest BCUT2D eigenvalue weighted by atomic mass is 10.1. The van der Waals surface area contributed by atoms with Crippen LogP contribution in [0.25, 0.3) is 0 Å². The number of carbonyl (C=O) groups is 1. The molecule has 1 aliphatic carbocycles. The Kier molecular flexibility index (Phi) is 3.16. The van der Waals surface area contributed by atoms with Gasteiger partial charge in [-0.05, 0) is 32.1 Å². The highest BCUT2D eigenvalue weighted by molar-refractivity contribution is 5.82.